The van der Waals surface area contributed by atoms with Crippen LogP contribution in [0, 0.1) is 10.6 Å². The zero-order chi connectivity index (χ0) is 11.7. The van der Waals surface area contributed by atoms with Crippen molar-refractivity contribution in [2.24, 2.45) is 0 Å². The van der Waals surface area contributed by atoms with Crippen molar-refractivity contribution >= 4 is 23.3 Å². The second kappa shape index (κ2) is 4.37. The summed E-state index contributed by atoms with van der Waals surface area (Å²) in [4.78, 5) is 3.11. The van der Waals surface area contributed by atoms with E-state index in [2.05, 4.69) is 18.8 Å². The number of hydrogen-bond acceptors (Lipinski definition) is 1. The summed E-state index contributed by atoms with van der Waals surface area (Å²) in [6.45, 7) is 4.24. The largest absolute Gasteiger partial charge is 0.331 e. The van der Waals surface area contributed by atoms with Crippen LogP contribution in [0.25, 0.3) is 11.0 Å². The van der Waals surface area contributed by atoms with Crippen LogP contribution in [0.2, 0.25) is 0 Å². The van der Waals surface area contributed by atoms with Crippen molar-refractivity contribution in [2.45, 2.75) is 32.7 Å². The molecule has 1 heterocycles. The van der Waals surface area contributed by atoms with Crippen LogP contribution < -0.4 is 0 Å². The summed E-state index contributed by atoms with van der Waals surface area (Å²) in [6, 6.07) is 5.06. The molecule has 0 aliphatic heterocycles. The van der Waals surface area contributed by atoms with Gasteiger partial charge in [-0.2, -0.15) is 0 Å². The topological polar surface area (TPSA) is 20.7 Å². The van der Waals surface area contributed by atoms with E-state index in [9.17, 15) is 4.39 Å². The van der Waals surface area contributed by atoms with Gasteiger partial charge in [0.15, 0.2) is 4.77 Å². The summed E-state index contributed by atoms with van der Waals surface area (Å²) in [7, 11) is 0. The van der Waals surface area contributed by atoms with Crippen molar-refractivity contribution in [1.29, 1.82) is 0 Å². The molecule has 0 bridgehead atoms. The summed E-state index contributed by atoms with van der Waals surface area (Å²) < 4.78 is 15.9. The summed E-state index contributed by atoms with van der Waals surface area (Å²) in [5.74, 6) is -0.221. The minimum atomic E-state index is -0.221. The van der Waals surface area contributed by atoms with Gasteiger partial charge in [0.05, 0.1) is 11.0 Å². The van der Waals surface area contributed by atoms with E-state index in [0.29, 0.717) is 10.8 Å². The highest BCUT2D eigenvalue weighted by atomic mass is 32.1. The van der Waals surface area contributed by atoms with E-state index in [1.54, 1.807) is 12.1 Å². The highest BCUT2D eigenvalue weighted by molar-refractivity contribution is 7.71. The van der Waals surface area contributed by atoms with Gasteiger partial charge in [-0.15, -0.1) is 0 Å². The van der Waals surface area contributed by atoms with E-state index in [4.69, 9.17) is 12.2 Å². The van der Waals surface area contributed by atoms with E-state index in [0.717, 1.165) is 23.9 Å². The van der Waals surface area contributed by atoms with Crippen molar-refractivity contribution in [3.05, 3.63) is 28.8 Å². The number of hydrogen-bond donors (Lipinski definition) is 1. The van der Waals surface area contributed by atoms with Crippen molar-refractivity contribution in [3.63, 3.8) is 0 Å². The number of nitrogens with zero attached hydrogens (tertiary/aromatic N) is 1. The Bertz CT molecular complexity index is 552. The zero-order valence-electron chi connectivity index (χ0n) is 9.46. The number of benzene rings is 1. The van der Waals surface area contributed by atoms with Gasteiger partial charge in [-0.1, -0.05) is 13.8 Å². The lowest BCUT2D eigenvalue weighted by molar-refractivity contribution is 0.478. The molecule has 0 unspecified atom stereocenters. The molecule has 0 spiro atoms. The van der Waals surface area contributed by atoms with Gasteiger partial charge < -0.3 is 9.55 Å². The molecule has 0 atom stereocenters. The maximum absolute atomic E-state index is 13.2. The van der Waals surface area contributed by atoms with Crippen LogP contribution in [0.15, 0.2) is 18.2 Å². The van der Waals surface area contributed by atoms with Crippen LogP contribution in [0.5, 0.6) is 0 Å². The van der Waals surface area contributed by atoms with Gasteiger partial charge in [0.1, 0.15) is 5.82 Å². The Kier molecular flexibility index (Phi) is 3.10. The van der Waals surface area contributed by atoms with Crippen LogP contribution >= 0.6 is 12.2 Å². The molecule has 4 heteroatoms. The Hall–Kier alpha value is -1.16. The zero-order valence-corrected chi connectivity index (χ0v) is 10.3. The number of aromatic nitrogens is 2. The number of nitrogens with one attached hydrogen (secondary N) is 1. The van der Waals surface area contributed by atoms with Gasteiger partial charge in [0.2, 0.25) is 0 Å². The first kappa shape index (κ1) is 11.3. The van der Waals surface area contributed by atoms with E-state index in [-0.39, 0.29) is 5.82 Å². The molecule has 0 aliphatic rings. The molecule has 2 nitrogen and oxygen atoms in total. The molecular weight excluding hydrogens is 223 g/mol. The number of H-pyrrole nitrogens is 1. The fourth-order valence-electron chi connectivity index (χ4n) is 2.11. The van der Waals surface area contributed by atoms with Gasteiger partial charge in [0.25, 0.3) is 0 Å². The molecule has 0 fully saturated rings. The minimum Gasteiger partial charge on any atom is -0.331 e. The molecule has 1 aromatic carbocycles. The van der Waals surface area contributed by atoms with Crippen LogP contribution in [-0.2, 0) is 0 Å². The Morgan fingerprint density at radius 3 is 2.69 bits per heavy atom. The predicted octanol–water partition coefficient (Wildman–Crippen LogP) is 4.20. The fraction of sp³-hybridized carbons (Fsp3) is 0.417. The molecule has 0 aliphatic carbocycles. The molecule has 1 aromatic heterocycles. The summed E-state index contributed by atoms with van der Waals surface area (Å²) in [6.07, 6.45) is 1.99. The van der Waals surface area contributed by atoms with E-state index >= 15 is 0 Å². The lowest BCUT2D eigenvalue weighted by Crippen LogP contribution is -2.06. The molecule has 0 radical (unpaired) electrons. The average molecular weight is 238 g/mol. The Balaban J connectivity index is 2.71. The molecule has 86 valence electrons. The number of imidazole rings is 1. The normalized spacial score (nSPS) is 11.5. The smallest absolute Gasteiger partial charge is 0.178 e. The highest BCUT2D eigenvalue weighted by Crippen LogP contribution is 2.24. The fourth-order valence-corrected chi connectivity index (χ4v) is 2.47. The standard InChI is InChI=1S/C12H15FN2S/c1-3-9(4-2)15-11-7-8(13)5-6-10(11)14-12(15)16/h5-7,9H,3-4H2,1-2H3,(H,14,16). The SMILES string of the molecule is CCC(CC)n1c(=S)[nH]c2ccc(F)cc21. The Morgan fingerprint density at radius 1 is 1.38 bits per heavy atom. The predicted molar refractivity (Wildman–Crippen MR) is 66.7 cm³/mol. The van der Waals surface area contributed by atoms with E-state index in [1.165, 1.54) is 6.07 Å². The summed E-state index contributed by atoms with van der Waals surface area (Å²) in [5.41, 5.74) is 1.76. The van der Waals surface area contributed by atoms with Crippen molar-refractivity contribution in [3.8, 4) is 0 Å². The number of fused-ring (bicyclic) bond motifs is 1. The van der Waals surface area contributed by atoms with Gasteiger partial charge in [-0.3, -0.25) is 0 Å². The molecular formula is C12H15FN2S. The third kappa shape index (κ3) is 1.78. The molecule has 1 N–H and O–H groups in total. The van der Waals surface area contributed by atoms with E-state index < -0.39 is 0 Å². The summed E-state index contributed by atoms with van der Waals surface area (Å²) >= 11 is 5.29. The quantitative estimate of drug-likeness (QED) is 0.795. The molecule has 0 amide bonds. The first-order chi connectivity index (χ1) is 7.67. The monoisotopic (exact) mass is 238 g/mol. The molecule has 16 heavy (non-hydrogen) atoms. The summed E-state index contributed by atoms with van der Waals surface area (Å²) in [5, 5.41) is 0. The van der Waals surface area contributed by atoms with E-state index in [1.807, 2.05) is 4.57 Å². The third-order valence-electron chi connectivity index (χ3n) is 2.99. The first-order valence-electron chi connectivity index (χ1n) is 5.57. The maximum Gasteiger partial charge on any atom is 0.178 e. The molecule has 2 aromatic rings. The van der Waals surface area contributed by atoms with Gasteiger partial charge in [0, 0.05) is 6.04 Å². The van der Waals surface area contributed by atoms with Gasteiger partial charge in [-0.05, 0) is 43.3 Å². The second-order valence-electron chi connectivity index (χ2n) is 3.93. The minimum absolute atomic E-state index is 0.221. The van der Waals surface area contributed by atoms with Gasteiger partial charge >= 0.3 is 0 Å². The first-order valence-corrected chi connectivity index (χ1v) is 5.98. The van der Waals surface area contributed by atoms with Gasteiger partial charge in [-0.25, -0.2) is 4.39 Å². The number of aromatic amines is 1. The van der Waals surface area contributed by atoms with Crippen LogP contribution in [-0.4, -0.2) is 9.55 Å². The molecule has 2 rings (SSSR count). The van der Waals surface area contributed by atoms with Crippen LogP contribution in [0.4, 0.5) is 4.39 Å². The van der Waals surface area contributed by atoms with Crippen LogP contribution in [0.3, 0.4) is 0 Å². The molecule has 0 saturated heterocycles. The lowest BCUT2D eigenvalue weighted by atomic mass is 10.1. The highest BCUT2D eigenvalue weighted by Gasteiger charge is 2.12. The number of halogens is 1. The van der Waals surface area contributed by atoms with Crippen LogP contribution in [0.1, 0.15) is 32.7 Å². The lowest BCUT2D eigenvalue weighted by Gasteiger charge is -2.15. The second-order valence-corrected chi connectivity index (χ2v) is 4.32. The Labute approximate surface area is 99.1 Å². The van der Waals surface area contributed by atoms with Crippen molar-refractivity contribution in [1.82, 2.24) is 9.55 Å². The van der Waals surface area contributed by atoms with Crippen molar-refractivity contribution in [2.75, 3.05) is 0 Å². The Morgan fingerprint density at radius 2 is 2.06 bits per heavy atom. The number of rotatable bonds is 3. The third-order valence-corrected chi connectivity index (χ3v) is 3.29. The molecule has 0 saturated carbocycles. The van der Waals surface area contributed by atoms with Crippen molar-refractivity contribution < 1.29 is 4.39 Å². The maximum atomic E-state index is 13.2. The average Bonchev–Trinajstić information content (AvgIpc) is 2.58.